The number of alkyl halides is 2. The first-order valence-electron chi connectivity index (χ1n) is 7.07. The van der Waals surface area contributed by atoms with E-state index >= 15 is 0 Å². The molecule has 127 valence electrons. The first kappa shape index (κ1) is 21.3. The zero-order valence-electron chi connectivity index (χ0n) is 13.8. The molecule has 0 saturated heterocycles. The molecule has 0 unspecified atom stereocenters. The van der Waals surface area contributed by atoms with Gasteiger partial charge in [0.15, 0.2) is 5.56 Å². The third-order valence-corrected chi connectivity index (χ3v) is 3.75. The fourth-order valence-electron chi connectivity index (χ4n) is 2.28. The summed E-state index contributed by atoms with van der Waals surface area (Å²) in [5.74, 6) is 1.24. The molecule has 3 nitrogen and oxygen atoms in total. The minimum atomic E-state index is -2.61. The van der Waals surface area contributed by atoms with Gasteiger partial charge in [-0.3, -0.25) is 4.79 Å². The Morgan fingerprint density at radius 3 is 2.58 bits per heavy atom. The minimum absolute atomic E-state index is 0. The molecule has 1 radical (unpaired) electrons. The predicted molar refractivity (Wildman–Crippen MR) is 89.5 cm³/mol. The van der Waals surface area contributed by atoms with E-state index < -0.39 is 18.5 Å². The van der Waals surface area contributed by atoms with E-state index in [0.717, 1.165) is 10.1 Å². The number of benzene rings is 1. The summed E-state index contributed by atoms with van der Waals surface area (Å²) in [5, 5.41) is 0. The zero-order valence-corrected chi connectivity index (χ0v) is 17.5. The van der Waals surface area contributed by atoms with Crippen molar-refractivity contribution < 1.29 is 46.2 Å². The van der Waals surface area contributed by atoms with E-state index in [0.29, 0.717) is 28.5 Å². The standard InChI is InChI=1S/C17H18F2NO2S.Y/c1-11-4-7-15(20(17(11)21)9-16(18)19)14-6-5-13(8-12(14)2)22-10-23-3;/h4-6,8,16H,9-10H2,1-3H3;/q-1;. The summed E-state index contributed by atoms with van der Waals surface area (Å²) in [7, 11) is 0. The van der Waals surface area contributed by atoms with Crippen molar-refractivity contribution >= 4 is 11.8 Å². The topological polar surface area (TPSA) is 31.2 Å². The molecule has 0 fully saturated rings. The molecule has 2 aromatic rings. The van der Waals surface area contributed by atoms with Gasteiger partial charge in [0.1, 0.15) is 11.7 Å². The molecule has 0 amide bonds. The molecule has 0 spiro atoms. The largest absolute Gasteiger partial charge is 0.483 e. The molecule has 1 aromatic heterocycles. The summed E-state index contributed by atoms with van der Waals surface area (Å²) >= 11 is 1.56. The van der Waals surface area contributed by atoms with Crippen LogP contribution in [0.25, 0.3) is 11.3 Å². The van der Waals surface area contributed by atoms with E-state index in [1.54, 1.807) is 30.8 Å². The van der Waals surface area contributed by atoms with Gasteiger partial charge in [-0.15, -0.1) is 17.8 Å². The molecule has 0 saturated carbocycles. The third-order valence-electron chi connectivity index (χ3n) is 3.39. The number of aromatic nitrogens is 1. The maximum absolute atomic E-state index is 12.8. The van der Waals surface area contributed by atoms with Crippen molar-refractivity contribution in [1.29, 1.82) is 0 Å². The Balaban J connectivity index is 0.00000288. The van der Waals surface area contributed by atoms with Gasteiger partial charge in [-0.05, 0) is 18.4 Å². The van der Waals surface area contributed by atoms with Crippen LogP contribution in [0, 0.1) is 19.9 Å². The van der Waals surface area contributed by atoms with Gasteiger partial charge in [0.25, 0.3) is 6.43 Å². The molecular formula is C17H18F2NO2SY-. The molecule has 0 aliphatic rings. The summed E-state index contributed by atoms with van der Waals surface area (Å²) in [5.41, 5.74) is 1.88. The van der Waals surface area contributed by atoms with Gasteiger partial charge < -0.3 is 9.30 Å². The Morgan fingerprint density at radius 1 is 1.29 bits per heavy atom. The van der Waals surface area contributed by atoms with Crippen molar-refractivity contribution in [3.8, 4) is 17.0 Å². The van der Waals surface area contributed by atoms with Crippen LogP contribution in [0.15, 0.2) is 29.1 Å². The van der Waals surface area contributed by atoms with Crippen LogP contribution in [0.5, 0.6) is 5.75 Å². The SMILES string of the molecule is CSCOc1ccc(-c2[c-]cc(C)c(=O)n2CC(F)F)c(C)c1.[Y]. The summed E-state index contributed by atoms with van der Waals surface area (Å²) in [6.07, 6.45) is -0.669. The van der Waals surface area contributed by atoms with Crippen molar-refractivity contribution in [1.82, 2.24) is 4.57 Å². The van der Waals surface area contributed by atoms with Crippen LogP contribution < -0.4 is 10.3 Å². The van der Waals surface area contributed by atoms with E-state index in [9.17, 15) is 13.6 Å². The summed E-state index contributed by atoms with van der Waals surface area (Å²) in [4.78, 5) is 12.2. The van der Waals surface area contributed by atoms with Gasteiger partial charge in [0.2, 0.25) is 0 Å². The first-order valence-corrected chi connectivity index (χ1v) is 8.46. The predicted octanol–water partition coefficient (Wildman–Crippen LogP) is 3.89. The summed E-state index contributed by atoms with van der Waals surface area (Å²) in [6, 6.07) is 9.86. The van der Waals surface area contributed by atoms with E-state index in [2.05, 4.69) is 6.07 Å². The smallest absolute Gasteiger partial charge is 0.256 e. The van der Waals surface area contributed by atoms with Crippen LogP contribution in [-0.2, 0) is 39.3 Å². The molecule has 1 heterocycles. The molecule has 0 aliphatic heterocycles. The van der Waals surface area contributed by atoms with Crippen LogP contribution >= 0.6 is 11.8 Å². The maximum atomic E-state index is 12.8. The van der Waals surface area contributed by atoms with E-state index in [-0.39, 0.29) is 32.7 Å². The van der Waals surface area contributed by atoms with Crippen molar-refractivity contribution in [3.05, 3.63) is 51.8 Å². The molecule has 0 bridgehead atoms. The number of thioether (sulfide) groups is 1. The van der Waals surface area contributed by atoms with Crippen LogP contribution in [0.4, 0.5) is 8.78 Å². The normalized spacial score (nSPS) is 10.6. The Labute approximate surface area is 169 Å². The van der Waals surface area contributed by atoms with Crippen LogP contribution in [-0.4, -0.2) is 23.2 Å². The quantitative estimate of drug-likeness (QED) is 0.518. The van der Waals surface area contributed by atoms with Crippen LogP contribution in [0.2, 0.25) is 0 Å². The van der Waals surface area contributed by atoms with Crippen molar-refractivity contribution in [2.45, 2.75) is 26.8 Å². The van der Waals surface area contributed by atoms with Gasteiger partial charge in [-0.25, -0.2) is 8.78 Å². The average Bonchev–Trinajstić information content (AvgIpc) is 2.50. The number of halogens is 2. The van der Waals surface area contributed by atoms with E-state index in [1.807, 2.05) is 19.2 Å². The Morgan fingerprint density at radius 2 is 2.00 bits per heavy atom. The fraction of sp³-hybridized carbons (Fsp3) is 0.353. The van der Waals surface area contributed by atoms with Gasteiger partial charge in [-0.2, -0.15) is 12.1 Å². The molecule has 0 aliphatic carbocycles. The molecule has 0 atom stereocenters. The number of nitrogens with zero attached hydrogens (tertiary/aromatic N) is 1. The molecule has 2 rings (SSSR count). The number of pyridine rings is 1. The van der Waals surface area contributed by atoms with Gasteiger partial charge in [-0.1, -0.05) is 36.2 Å². The first-order chi connectivity index (χ1) is 10.9. The second-order valence-corrected chi connectivity index (χ2v) is 5.97. The summed E-state index contributed by atoms with van der Waals surface area (Å²) in [6.45, 7) is 2.81. The average molecular weight is 427 g/mol. The van der Waals surface area contributed by atoms with Crippen molar-refractivity contribution in [2.24, 2.45) is 0 Å². The molecular weight excluding hydrogens is 409 g/mol. The molecule has 0 N–H and O–H groups in total. The van der Waals surface area contributed by atoms with Gasteiger partial charge >= 0.3 is 0 Å². The monoisotopic (exact) mass is 427 g/mol. The number of rotatable bonds is 6. The maximum Gasteiger partial charge on any atom is 0.256 e. The van der Waals surface area contributed by atoms with Crippen molar-refractivity contribution in [3.63, 3.8) is 0 Å². The molecule has 1 aromatic carbocycles. The van der Waals surface area contributed by atoms with E-state index in [1.165, 1.54) is 6.07 Å². The number of ether oxygens (including phenoxy) is 1. The second-order valence-electron chi connectivity index (χ2n) is 5.15. The Bertz CT molecular complexity index is 750. The minimum Gasteiger partial charge on any atom is -0.483 e. The molecule has 24 heavy (non-hydrogen) atoms. The van der Waals surface area contributed by atoms with Crippen molar-refractivity contribution in [2.75, 3.05) is 12.2 Å². The summed E-state index contributed by atoms with van der Waals surface area (Å²) < 4.78 is 32.3. The Kier molecular flexibility index (Phi) is 8.61. The number of hydrogen-bond donors (Lipinski definition) is 0. The van der Waals surface area contributed by atoms with Crippen LogP contribution in [0.3, 0.4) is 0 Å². The number of aryl methyl sites for hydroxylation is 2. The van der Waals surface area contributed by atoms with Gasteiger partial charge in [0, 0.05) is 32.7 Å². The van der Waals surface area contributed by atoms with Crippen LogP contribution in [0.1, 0.15) is 11.1 Å². The second kappa shape index (κ2) is 9.69. The number of hydrogen-bond acceptors (Lipinski definition) is 3. The Hall–Kier alpha value is -0.716. The zero-order chi connectivity index (χ0) is 17.0. The van der Waals surface area contributed by atoms with Gasteiger partial charge in [0.05, 0.1) is 6.54 Å². The fourth-order valence-corrected chi connectivity index (χ4v) is 2.54. The molecule has 7 heteroatoms. The third kappa shape index (κ3) is 5.14. The van der Waals surface area contributed by atoms with E-state index in [4.69, 9.17) is 4.74 Å².